The molecular formula is C13H18N2O3. The van der Waals surface area contributed by atoms with Crippen LogP contribution in [-0.4, -0.2) is 34.3 Å². The molecule has 0 radical (unpaired) electrons. The Morgan fingerprint density at radius 2 is 2.17 bits per heavy atom. The Morgan fingerprint density at radius 1 is 1.44 bits per heavy atom. The fraction of sp³-hybridized carbons (Fsp3) is 0.615. The molecule has 1 aliphatic rings. The highest BCUT2D eigenvalue weighted by Crippen LogP contribution is 2.25. The Morgan fingerprint density at radius 3 is 2.83 bits per heavy atom. The van der Waals surface area contributed by atoms with Gasteiger partial charge in [-0.1, -0.05) is 0 Å². The number of aromatic nitrogens is 2. The fourth-order valence-electron chi connectivity index (χ4n) is 2.19. The van der Waals surface area contributed by atoms with Crippen molar-refractivity contribution in [2.45, 2.75) is 38.5 Å². The first-order chi connectivity index (χ1) is 8.65. The Bertz CT molecular complexity index is 428. The summed E-state index contributed by atoms with van der Waals surface area (Å²) in [6, 6.07) is 2.00. The van der Waals surface area contributed by atoms with Crippen molar-refractivity contribution >= 4 is 5.97 Å². The van der Waals surface area contributed by atoms with E-state index in [1.807, 2.05) is 13.0 Å². The van der Waals surface area contributed by atoms with Gasteiger partial charge in [-0.3, -0.25) is 4.79 Å². The molecule has 0 aromatic carbocycles. The topological polar surface area (TPSA) is 72.3 Å². The second-order valence-electron chi connectivity index (χ2n) is 4.63. The zero-order valence-electron chi connectivity index (χ0n) is 10.6. The standard InChI is InChI=1S/C13H18N2O3/c1-9-8-11(10-4-6-18-7-5-10)15-12(14-9)2-3-13(16)17/h8,10H,2-7H2,1H3,(H,16,17). The lowest BCUT2D eigenvalue weighted by atomic mass is 9.96. The van der Waals surface area contributed by atoms with Gasteiger partial charge < -0.3 is 9.84 Å². The minimum absolute atomic E-state index is 0.0800. The number of carbonyl (C=O) groups is 1. The van der Waals surface area contributed by atoms with E-state index in [0.717, 1.165) is 37.4 Å². The summed E-state index contributed by atoms with van der Waals surface area (Å²) in [6.45, 7) is 3.48. The third kappa shape index (κ3) is 3.50. The Balaban J connectivity index is 2.12. The molecule has 1 fully saturated rings. The average molecular weight is 250 g/mol. The van der Waals surface area contributed by atoms with Crippen molar-refractivity contribution < 1.29 is 14.6 Å². The number of carboxylic acid groups (broad SMARTS) is 1. The van der Waals surface area contributed by atoms with Crippen LogP contribution in [0.5, 0.6) is 0 Å². The molecule has 18 heavy (non-hydrogen) atoms. The second-order valence-corrected chi connectivity index (χ2v) is 4.63. The zero-order chi connectivity index (χ0) is 13.0. The van der Waals surface area contributed by atoms with E-state index in [1.165, 1.54) is 0 Å². The van der Waals surface area contributed by atoms with Gasteiger partial charge in [-0.25, -0.2) is 9.97 Å². The van der Waals surface area contributed by atoms with Crippen LogP contribution >= 0.6 is 0 Å². The van der Waals surface area contributed by atoms with E-state index in [4.69, 9.17) is 9.84 Å². The predicted octanol–water partition coefficient (Wildman–Crippen LogP) is 1.70. The van der Waals surface area contributed by atoms with E-state index in [9.17, 15) is 4.79 Å². The molecule has 0 spiro atoms. The van der Waals surface area contributed by atoms with Crippen LogP contribution in [0.3, 0.4) is 0 Å². The molecule has 0 bridgehead atoms. The number of aliphatic carboxylic acids is 1. The van der Waals surface area contributed by atoms with Crippen LogP contribution in [0.2, 0.25) is 0 Å². The third-order valence-corrected chi connectivity index (χ3v) is 3.12. The van der Waals surface area contributed by atoms with Gasteiger partial charge in [-0.05, 0) is 25.8 Å². The Kier molecular flexibility index (Phi) is 4.25. The van der Waals surface area contributed by atoms with Gasteiger partial charge in [-0.15, -0.1) is 0 Å². The SMILES string of the molecule is Cc1cc(C2CCOCC2)nc(CCC(=O)O)n1. The highest BCUT2D eigenvalue weighted by atomic mass is 16.5. The molecular weight excluding hydrogens is 232 g/mol. The number of aryl methyl sites for hydroxylation is 2. The Labute approximate surface area is 106 Å². The number of hydrogen-bond donors (Lipinski definition) is 1. The fourth-order valence-corrected chi connectivity index (χ4v) is 2.19. The van der Waals surface area contributed by atoms with Crippen LogP contribution in [0.15, 0.2) is 6.07 Å². The average Bonchev–Trinajstić information content (AvgIpc) is 2.37. The van der Waals surface area contributed by atoms with Gasteiger partial charge in [-0.2, -0.15) is 0 Å². The molecule has 2 heterocycles. The van der Waals surface area contributed by atoms with Crippen LogP contribution < -0.4 is 0 Å². The molecule has 5 nitrogen and oxygen atoms in total. The smallest absolute Gasteiger partial charge is 0.303 e. The molecule has 0 unspecified atom stereocenters. The van der Waals surface area contributed by atoms with Crippen molar-refractivity contribution in [3.8, 4) is 0 Å². The summed E-state index contributed by atoms with van der Waals surface area (Å²) in [5, 5.41) is 8.69. The monoisotopic (exact) mass is 250 g/mol. The summed E-state index contributed by atoms with van der Waals surface area (Å²) in [6.07, 6.45) is 2.44. The van der Waals surface area contributed by atoms with Gasteiger partial charge in [0.1, 0.15) is 5.82 Å². The van der Waals surface area contributed by atoms with E-state index >= 15 is 0 Å². The van der Waals surface area contributed by atoms with Crippen molar-refractivity contribution in [2.75, 3.05) is 13.2 Å². The predicted molar refractivity (Wildman–Crippen MR) is 65.5 cm³/mol. The van der Waals surface area contributed by atoms with Gasteiger partial charge in [0.2, 0.25) is 0 Å². The van der Waals surface area contributed by atoms with Crippen LogP contribution in [0, 0.1) is 6.92 Å². The maximum Gasteiger partial charge on any atom is 0.303 e. The number of carboxylic acids is 1. The molecule has 5 heteroatoms. The van der Waals surface area contributed by atoms with E-state index in [1.54, 1.807) is 0 Å². The third-order valence-electron chi connectivity index (χ3n) is 3.12. The first-order valence-electron chi connectivity index (χ1n) is 6.29. The van der Waals surface area contributed by atoms with Crippen molar-refractivity contribution in [2.24, 2.45) is 0 Å². The first kappa shape index (κ1) is 13.0. The van der Waals surface area contributed by atoms with Crippen molar-refractivity contribution in [3.05, 3.63) is 23.3 Å². The number of hydrogen-bond acceptors (Lipinski definition) is 4. The molecule has 0 atom stereocenters. The summed E-state index contributed by atoms with van der Waals surface area (Å²) in [7, 11) is 0. The van der Waals surface area contributed by atoms with E-state index in [0.29, 0.717) is 18.2 Å². The van der Waals surface area contributed by atoms with Gasteiger partial charge in [0.15, 0.2) is 0 Å². The van der Waals surface area contributed by atoms with Crippen LogP contribution in [0.4, 0.5) is 0 Å². The van der Waals surface area contributed by atoms with Gasteiger partial charge in [0, 0.05) is 36.9 Å². The number of nitrogens with zero attached hydrogens (tertiary/aromatic N) is 2. The Hall–Kier alpha value is -1.49. The molecule has 0 amide bonds. The van der Waals surface area contributed by atoms with E-state index < -0.39 is 5.97 Å². The maximum atomic E-state index is 10.6. The number of rotatable bonds is 4. The van der Waals surface area contributed by atoms with Crippen molar-refractivity contribution in [1.82, 2.24) is 9.97 Å². The molecule has 0 aliphatic carbocycles. The zero-order valence-corrected chi connectivity index (χ0v) is 10.6. The highest BCUT2D eigenvalue weighted by molar-refractivity contribution is 5.66. The summed E-state index contributed by atoms with van der Waals surface area (Å²) in [5.74, 6) is 0.246. The molecule has 2 rings (SSSR count). The summed E-state index contributed by atoms with van der Waals surface area (Å²) >= 11 is 0. The van der Waals surface area contributed by atoms with E-state index in [-0.39, 0.29) is 6.42 Å². The first-order valence-corrected chi connectivity index (χ1v) is 6.29. The minimum atomic E-state index is -0.812. The van der Waals surface area contributed by atoms with Crippen molar-refractivity contribution in [3.63, 3.8) is 0 Å². The van der Waals surface area contributed by atoms with Crippen LogP contribution in [0.1, 0.15) is 42.4 Å². The molecule has 98 valence electrons. The molecule has 1 saturated heterocycles. The summed E-state index contributed by atoms with van der Waals surface area (Å²) in [5.41, 5.74) is 1.94. The minimum Gasteiger partial charge on any atom is -0.481 e. The normalized spacial score (nSPS) is 16.7. The molecule has 0 saturated carbocycles. The lowest BCUT2D eigenvalue weighted by Gasteiger charge is -2.22. The van der Waals surface area contributed by atoms with E-state index in [2.05, 4.69) is 9.97 Å². The summed E-state index contributed by atoms with van der Waals surface area (Å²) < 4.78 is 5.34. The van der Waals surface area contributed by atoms with Crippen LogP contribution in [-0.2, 0) is 16.0 Å². The lowest BCUT2D eigenvalue weighted by Crippen LogP contribution is -2.16. The van der Waals surface area contributed by atoms with Crippen molar-refractivity contribution in [1.29, 1.82) is 0 Å². The highest BCUT2D eigenvalue weighted by Gasteiger charge is 2.18. The quantitative estimate of drug-likeness (QED) is 0.880. The van der Waals surface area contributed by atoms with Gasteiger partial charge in [0.25, 0.3) is 0 Å². The maximum absolute atomic E-state index is 10.6. The van der Waals surface area contributed by atoms with Crippen LogP contribution in [0.25, 0.3) is 0 Å². The summed E-state index contributed by atoms with van der Waals surface area (Å²) in [4.78, 5) is 19.4. The lowest BCUT2D eigenvalue weighted by molar-refractivity contribution is -0.137. The molecule has 1 aliphatic heterocycles. The number of ether oxygens (including phenoxy) is 1. The van der Waals surface area contributed by atoms with Gasteiger partial charge in [0.05, 0.1) is 6.42 Å². The molecule has 1 N–H and O–H groups in total. The van der Waals surface area contributed by atoms with Gasteiger partial charge >= 0.3 is 5.97 Å². The molecule has 1 aromatic rings. The molecule has 1 aromatic heterocycles. The largest absolute Gasteiger partial charge is 0.481 e. The second kappa shape index (κ2) is 5.91.